The van der Waals surface area contributed by atoms with Crippen LogP contribution >= 0.6 is 0 Å². The monoisotopic (exact) mass is 276 g/mol. The van der Waals surface area contributed by atoms with E-state index in [2.05, 4.69) is 25.7 Å². The lowest BCUT2D eigenvalue weighted by Crippen LogP contribution is -2.29. The Bertz CT molecular complexity index is 425. The summed E-state index contributed by atoms with van der Waals surface area (Å²) in [5.74, 6) is 1.74. The lowest BCUT2D eigenvalue weighted by Gasteiger charge is -2.27. The van der Waals surface area contributed by atoms with E-state index in [1.807, 2.05) is 24.3 Å². The minimum Gasteiger partial charge on any atom is -0.492 e. The number of rotatable bonds is 5. The van der Waals surface area contributed by atoms with Crippen LogP contribution in [0.5, 0.6) is 5.75 Å². The average Bonchev–Trinajstić information content (AvgIpc) is 2.88. The average molecular weight is 276 g/mol. The summed E-state index contributed by atoms with van der Waals surface area (Å²) in [5, 5.41) is 0. The van der Waals surface area contributed by atoms with Crippen LogP contribution in [0.25, 0.3) is 0 Å². The van der Waals surface area contributed by atoms with E-state index in [1.54, 1.807) is 0 Å². The maximum absolute atomic E-state index is 5.83. The Morgan fingerprint density at radius 1 is 1.35 bits per heavy atom. The van der Waals surface area contributed by atoms with Crippen LogP contribution in [0.3, 0.4) is 0 Å². The number of likely N-dealkylation sites (tertiary alicyclic amines) is 1. The zero-order chi connectivity index (χ0) is 14.6. The Kier molecular flexibility index (Phi) is 5.06. The summed E-state index contributed by atoms with van der Waals surface area (Å²) in [5.41, 5.74) is 7.18. The van der Waals surface area contributed by atoms with Crippen molar-refractivity contribution in [2.75, 3.05) is 26.2 Å². The molecule has 0 saturated carbocycles. The van der Waals surface area contributed by atoms with Crippen LogP contribution < -0.4 is 10.5 Å². The smallest absolute Gasteiger partial charge is 0.119 e. The lowest BCUT2D eigenvalue weighted by molar-refractivity contribution is 0.203. The molecule has 1 saturated heterocycles. The molecule has 1 aromatic rings. The number of benzene rings is 1. The minimum atomic E-state index is 0.422. The summed E-state index contributed by atoms with van der Waals surface area (Å²) in [6.45, 7) is 11.8. The third-order valence-corrected chi connectivity index (χ3v) is 4.31. The normalized spacial score (nSPS) is 20.3. The van der Waals surface area contributed by atoms with Gasteiger partial charge in [-0.05, 0) is 42.0 Å². The molecule has 0 radical (unpaired) electrons. The van der Waals surface area contributed by atoms with Crippen molar-refractivity contribution < 1.29 is 4.74 Å². The number of nitrogens with two attached hydrogens (primary N) is 1. The maximum atomic E-state index is 5.83. The molecule has 1 heterocycles. The van der Waals surface area contributed by atoms with Crippen LogP contribution in [0, 0.1) is 11.3 Å². The SMILES string of the molecule is CC(C)(C)C1CCN(CCOc2cccc(CN)c2)C1. The molecule has 1 aromatic carbocycles. The van der Waals surface area contributed by atoms with E-state index in [1.165, 1.54) is 19.5 Å². The molecular formula is C17H28N2O. The summed E-state index contributed by atoms with van der Waals surface area (Å²) < 4.78 is 5.83. The third kappa shape index (κ3) is 4.22. The second-order valence-electron chi connectivity index (χ2n) is 6.85. The van der Waals surface area contributed by atoms with Gasteiger partial charge < -0.3 is 10.5 Å². The Morgan fingerprint density at radius 2 is 2.15 bits per heavy atom. The van der Waals surface area contributed by atoms with Gasteiger partial charge in [-0.25, -0.2) is 0 Å². The fourth-order valence-corrected chi connectivity index (χ4v) is 2.80. The summed E-state index contributed by atoms with van der Waals surface area (Å²) >= 11 is 0. The van der Waals surface area contributed by atoms with Gasteiger partial charge in [0.15, 0.2) is 0 Å². The van der Waals surface area contributed by atoms with Crippen LogP contribution in [0.4, 0.5) is 0 Å². The first-order chi connectivity index (χ1) is 9.49. The molecule has 0 bridgehead atoms. The molecule has 1 aliphatic heterocycles. The molecule has 0 amide bonds. The summed E-state index contributed by atoms with van der Waals surface area (Å²) in [6, 6.07) is 8.06. The van der Waals surface area contributed by atoms with Crippen molar-refractivity contribution in [3.63, 3.8) is 0 Å². The van der Waals surface area contributed by atoms with Crippen LogP contribution in [0.15, 0.2) is 24.3 Å². The molecule has 2 N–H and O–H groups in total. The Hall–Kier alpha value is -1.06. The van der Waals surface area contributed by atoms with Gasteiger partial charge in [-0.1, -0.05) is 32.9 Å². The number of hydrogen-bond acceptors (Lipinski definition) is 3. The van der Waals surface area contributed by atoms with Gasteiger partial charge in [0, 0.05) is 19.6 Å². The van der Waals surface area contributed by atoms with Crippen molar-refractivity contribution in [3.8, 4) is 5.75 Å². The number of hydrogen-bond donors (Lipinski definition) is 1. The predicted octanol–water partition coefficient (Wildman–Crippen LogP) is 2.89. The first-order valence-electron chi connectivity index (χ1n) is 7.63. The highest BCUT2D eigenvalue weighted by Gasteiger charge is 2.31. The summed E-state index contributed by atoms with van der Waals surface area (Å²) in [4.78, 5) is 2.52. The van der Waals surface area contributed by atoms with Gasteiger partial charge in [-0.2, -0.15) is 0 Å². The van der Waals surface area contributed by atoms with Gasteiger partial charge in [-0.15, -0.1) is 0 Å². The third-order valence-electron chi connectivity index (χ3n) is 4.31. The Balaban J connectivity index is 1.74. The second-order valence-corrected chi connectivity index (χ2v) is 6.85. The van der Waals surface area contributed by atoms with Gasteiger partial charge >= 0.3 is 0 Å². The minimum absolute atomic E-state index is 0.422. The quantitative estimate of drug-likeness (QED) is 0.898. The van der Waals surface area contributed by atoms with Crippen molar-refractivity contribution >= 4 is 0 Å². The second kappa shape index (κ2) is 6.59. The highest BCUT2D eigenvalue weighted by molar-refractivity contribution is 5.28. The molecule has 1 unspecified atom stereocenters. The van der Waals surface area contributed by atoms with Gasteiger partial charge in [0.25, 0.3) is 0 Å². The molecule has 0 aromatic heterocycles. The molecule has 20 heavy (non-hydrogen) atoms. The Morgan fingerprint density at radius 3 is 2.80 bits per heavy atom. The van der Waals surface area contributed by atoms with E-state index in [0.717, 1.165) is 30.4 Å². The Labute approximate surface area is 123 Å². The van der Waals surface area contributed by atoms with Crippen LogP contribution in [0.2, 0.25) is 0 Å². The van der Waals surface area contributed by atoms with Gasteiger partial charge in [0.05, 0.1) is 0 Å². The van der Waals surface area contributed by atoms with Crippen molar-refractivity contribution in [2.45, 2.75) is 33.7 Å². The van der Waals surface area contributed by atoms with E-state index in [0.29, 0.717) is 12.0 Å². The van der Waals surface area contributed by atoms with Crippen LogP contribution in [-0.2, 0) is 6.54 Å². The molecule has 1 atom stereocenters. The summed E-state index contributed by atoms with van der Waals surface area (Å²) in [7, 11) is 0. The molecule has 1 aliphatic rings. The number of nitrogens with zero attached hydrogens (tertiary/aromatic N) is 1. The van der Waals surface area contributed by atoms with E-state index in [9.17, 15) is 0 Å². The maximum Gasteiger partial charge on any atom is 0.119 e. The van der Waals surface area contributed by atoms with Crippen molar-refractivity contribution in [1.82, 2.24) is 4.90 Å². The number of ether oxygens (including phenoxy) is 1. The molecule has 0 spiro atoms. The summed E-state index contributed by atoms with van der Waals surface area (Å²) in [6.07, 6.45) is 1.31. The molecule has 3 nitrogen and oxygen atoms in total. The van der Waals surface area contributed by atoms with Gasteiger partial charge in [0.1, 0.15) is 12.4 Å². The molecule has 3 heteroatoms. The van der Waals surface area contributed by atoms with Crippen LogP contribution in [0.1, 0.15) is 32.8 Å². The lowest BCUT2D eigenvalue weighted by atomic mass is 9.80. The van der Waals surface area contributed by atoms with Crippen LogP contribution in [-0.4, -0.2) is 31.1 Å². The first-order valence-corrected chi connectivity index (χ1v) is 7.63. The zero-order valence-corrected chi connectivity index (χ0v) is 13.1. The van der Waals surface area contributed by atoms with E-state index < -0.39 is 0 Å². The topological polar surface area (TPSA) is 38.5 Å². The predicted molar refractivity (Wildman–Crippen MR) is 83.8 cm³/mol. The molecule has 1 fully saturated rings. The fourth-order valence-electron chi connectivity index (χ4n) is 2.80. The standard InChI is InChI=1S/C17H28N2O/c1-17(2,3)15-7-8-19(13-15)9-10-20-16-6-4-5-14(11-16)12-18/h4-6,11,15H,7-10,12-13,18H2,1-3H3. The molecule has 0 aliphatic carbocycles. The van der Waals surface area contributed by atoms with E-state index >= 15 is 0 Å². The highest BCUT2D eigenvalue weighted by Crippen LogP contribution is 2.33. The first kappa shape index (κ1) is 15.3. The molecule has 2 rings (SSSR count). The van der Waals surface area contributed by atoms with E-state index in [-0.39, 0.29) is 0 Å². The van der Waals surface area contributed by atoms with Gasteiger partial charge in [-0.3, -0.25) is 4.90 Å². The zero-order valence-electron chi connectivity index (χ0n) is 13.1. The largest absolute Gasteiger partial charge is 0.492 e. The molecular weight excluding hydrogens is 248 g/mol. The molecule has 112 valence electrons. The van der Waals surface area contributed by atoms with Crippen molar-refractivity contribution in [2.24, 2.45) is 17.1 Å². The van der Waals surface area contributed by atoms with Gasteiger partial charge in [0.2, 0.25) is 0 Å². The van der Waals surface area contributed by atoms with Crippen molar-refractivity contribution in [1.29, 1.82) is 0 Å². The van der Waals surface area contributed by atoms with E-state index in [4.69, 9.17) is 10.5 Å². The highest BCUT2D eigenvalue weighted by atomic mass is 16.5. The van der Waals surface area contributed by atoms with Crippen molar-refractivity contribution in [3.05, 3.63) is 29.8 Å². The fraction of sp³-hybridized carbons (Fsp3) is 0.647.